The van der Waals surface area contributed by atoms with Crippen LogP contribution < -0.4 is 5.32 Å². The topological polar surface area (TPSA) is 145 Å². The van der Waals surface area contributed by atoms with E-state index in [0.717, 1.165) is 18.9 Å². The number of rotatable bonds is 12. The molecule has 0 aliphatic heterocycles. The number of unbranched alkanes of at least 4 members (excludes halogenated alkanes) is 2. The molecule has 11 heteroatoms. The second-order valence-corrected chi connectivity index (χ2v) is 9.36. The molecular formula is C20H28N3O7P. The van der Waals surface area contributed by atoms with Crippen LogP contribution in [-0.4, -0.2) is 26.6 Å². The third-order valence-corrected chi connectivity index (χ3v) is 6.92. The van der Waals surface area contributed by atoms with Crippen molar-refractivity contribution in [1.82, 2.24) is 0 Å². The Morgan fingerprint density at radius 3 is 2.26 bits per heavy atom. The van der Waals surface area contributed by atoms with E-state index in [1.807, 2.05) is 13.8 Å². The lowest BCUT2D eigenvalue weighted by Crippen LogP contribution is -2.24. The molecule has 2 rings (SSSR count). The minimum Gasteiger partial charge on any atom is -0.365 e. The number of nitro benzene ring substituents is 2. The van der Waals surface area contributed by atoms with Gasteiger partial charge >= 0.3 is 7.60 Å². The molecule has 0 spiro atoms. The Morgan fingerprint density at radius 2 is 1.71 bits per heavy atom. The van der Waals surface area contributed by atoms with E-state index < -0.39 is 40.7 Å². The van der Waals surface area contributed by atoms with Crippen LogP contribution in [-0.2, 0) is 9.09 Å². The summed E-state index contributed by atoms with van der Waals surface area (Å²) in [5.74, 6) is -1.10. The van der Waals surface area contributed by atoms with E-state index in [2.05, 4.69) is 5.32 Å². The Labute approximate surface area is 180 Å². The molecule has 0 bridgehead atoms. The lowest BCUT2D eigenvalue weighted by Gasteiger charge is -2.27. The molecule has 0 heterocycles. The van der Waals surface area contributed by atoms with E-state index in [4.69, 9.17) is 4.52 Å². The molecule has 2 aromatic carbocycles. The molecule has 0 fully saturated rings. The van der Waals surface area contributed by atoms with Crippen LogP contribution in [0.3, 0.4) is 0 Å². The summed E-state index contributed by atoms with van der Waals surface area (Å²) in [7, 11) is -4.21. The van der Waals surface area contributed by atoms with Gasteiger partial charge in [-0.25, -0.2) is 0 Å². The molecule has 0 aromatic heterocycles. The van der Waals surface area contributed by atoms with Crippen LogP contribution in [0.4, 0.5) is 17.1 Å². The van der Waals surface area contributed by atoms with Gasteiger partial charge in [-0.2, -0.15) is 0 Å². The van der Waals surface area contributed by atoms with Gasteiger partial charge in [-0.05, 0) is 25.8 Å². The molecule has 0 saturated heterocycles. The summed E-state index contributed by atoms with van der Waals surface area (Å²) in [6.07, 6.45) is 2.60. The Morgan fingerprint density at radius 1 is 1.10 bits per heavy atom. The smallest absolute Gasteiger partial charge is 0.350 e. The molecule has 170 valence electrons. The number of benzene rings is 2. The number of fused-ring (bicyclic) bond motifs is 1. The zero-order chi connectivity index (χ0) is 23.2. The average Bonchev–Trinajstić information content (AvgIpc) is 2.72. The van der Waals surface area contributed by atoms with Crippen LogP contribution in [0.5, 0.6) is 0 Å². The van der Waals surface area contributed by atoms with Crippen LogP contribution in [0, 0.1) is 20.2 Å². The highest BCUT2D eigenvalue weighted by Gasteiger charge is 2.36. The Bertz CT molecular complexity index is 998. The van der Waals surface area contributed by atoms with E-state index in [0.29, 0.717) is 12.8 Å². The first-order valence-electron chi connectivity index (χ1n) is 10.2. The maximum absolute atomic E-state index is 13.1. The van der Waals surface area contributed by atoms with Gasteiger partial charge in [-0.15, -0.1) is 0 Å². The van der Waals surface area contributed by atoms with Crippen molar-refractivity contribution in [3.8, 4) is 0 Å². The molecule has 2 N–H and O–H groups in total. The molecule has 2 aromatic rings. The van der Waals surface area contributed by atoms with Gasteiger partial charge in [0, 0.05) is 5.39 Å². The second kappa shape index (κ2) is 10.7. The van der Waals surface area contributed by atoms with Crippen molar-refractivity contribution in [2.75, 3.05) is 5.32 Å². The van der Waals surface area contributed by atoms with Gasteiger partial charge < -0.3 is 14.7 Å². The normalized spacial score (nSPS) is 15.2. The fourth-order valence-electron chi connectivity index (χ4n) is 3.27. The van der Waals surface area contributed by atoms with Gasteiger partial charge in [0.2, 0.25) is 0 Å². The van der Waals surface area contributed by atoms with Gasteiger partial charge in [-0.1, -0.05) is 51.3 Å². The first kappa shape index (κ1) is 24.7. The van der Waals surface area contributed by atoms with Gasteiger partial charge in [0.1, 0.15) is 11.5 Å². The monoisotopic (exact) mass is 453 g/mol. The molecule has 3 unspecified atom stereocenters. The maximum atomic E-state index is 13.1. The summed E-state index contributed by atoms with van der Waals surface area (Å²) < 4.78 is 18.5. The second-order valence-electron chi connectivity index (χ2n) is 7.39. The predicted octanol–water partition coefficient (Wildman–Crippen LogP) is 5.98. The van der Waals surface area contributed by atoms with Crippen molar-refractivity contribution in [2.24, 2.45) is 0 Å². The molecule has 0 aliphatic rings. The van der Waals surface area contributed by atoms with Crippen molar-refractivity contribution in [1.29, 1.82) is 0 Å². The average molecular weight is 453 g/mol. The highest BCUT2D eigenvalue weighted by atomic mass is 31.2. The highest BCUT2D eigenvalue weighted by Crippen LogP contribution is 2.52. The summed E-state index contributed by atoms with van der Waals surface area (Å²) in [5.41, 5.74) is -0.970. The number of non-ortho nitro benzene ring substituents is 1. The highest BCUT2D eigenvalue weighted by molar-refractivity contribution is 7.53. The Hall–Kier alpha value is -2.55. The number of nitro groups is 2. The van der Waals surface area contributed by atoms with Crippen LogP contribution >= 0.6 is 7.60 Å². The largest absolute Gasteiger partial charge is 0.365 e. The number of hydrogen-bond acceptors (Lipinski definition) is 7. The van der Waals surface area contributed by atoms with Crippen molar-refractivity contribution in [3.63, 3.8) is 0 Å². The van der Waals surface area contributed by atoms with E-state index in [-0.39, 0.29) is 22.9 Å². The van der Waals surface area contributed by atoms with Crippen LogP contribution in [0.25, 0.3) is 10.8 Å². The van der Waals surface area contributed by atoms with Gasteiger partial charge in [0.25, 0.3) is 11.4 Å². The molecule has 0 amide bonds. The SMILES string of the molecule is CCCCCC(Nc1c([N+](=O)[O-])cc([N+](=O)[O-])c2ccccc12)P(=O)(O)OC(C)CC. The predicted molar refractivity (Wildman–Crippen MR) is 119 cm³/mol. The van der Waals surface area contributed by atoms with Crippen molar-refractivity contribution in [3.05, 3.63) is 50.6 Å². The minimum atomic E-state index is -4.21. The zero-order valence-corrected chi connectivity index (χ0v) is 18.7. The summed E-state index contributed by atoms with van der Waals surface area (Å²) >= 11 is 0. The summed E-state index contributed by atoms with van der Waals surface area (Å²) in [4.78, 5) is 32.5. The summed E-state index contributed by atoms with van der Waals surface area (Å²) in [6.45, 7) is 5.49. The van der Waals surface area contributed by atoms with Crippen LogP contribution in [0.2, 0.25) is 0 Å². The van der Waals surface area contributed by atoms with E-state index >= 15 is 0 Å². The minimum absolute atomic E-state index is 0.0327. The Balaban J connectivity index is 2.62. The lowest BCUT2D eigenvalue weighted by atomic mass is 10.0. The summed E-state index contributed by atoms with van der Waals surface area (Å²) in [6, 6.07) is 7.07. The number of anilines is 1. The lowest BCUT2D eigenvalue weighted by molar-refractivity contribution is -0.392. The van der Waals surface area contributed by atoms with Crippen molar-refractivity contribution < 1.29 is 23.8 Å². The van der Waals surface area contributed by atoms with Gasteiger partial charge in [0.05, 0.1) is 27.4 Å². The molecule has 0 radical (unpaired) electrons. The molecular weight excluding hydrogens is 425 g/mol. The Kier molecular flexibility index (Phi) is 8.50. The van der Waals surface area contributed by atoms with Crippen LogP contribution in [0.15, 0.2) is 30.3 Å². The van der Waals surface area contributed by atoms with E-state index in [1.54, 1.807) is 19.1 Å². The first-order valence-corrected chi connectivity index (χ1v) is 11.9. The number of hydrogen-bond donors (Lipinski definition) is 2. The molecule has 0 aliphatic carbocycles. The molecule has 10 nitrogen and oxygen atoms in total. The molecule has 0 saturated carbocycles. The third-order valence-electron chi connectivity index (χ3n) is 5.09. The first-order chi connectivity index (χ1) is 14.6. The van der Waals surface area contributed by atoms with Crippen LogP contribution in [0.1, 0.15) is 52.9 Å². The third kappa shape index (κ3) is 6.00. The number of nitrogens with one attached hydrogen (secondary N) is 1. The standard InChI is InChI=1S/C20H28N3O7P/c1-4-6-7-12-19(31(28,29)30-14(3)5-2)21-20-16-11-9-8-10-15(16)17(22(24)25)13-18(20)23(26)27/h8-11,13-14,19,21H,4-7,12H2,1-3H3,(H,28,29). The van der Waals surface area contributed by atoms with E-state index in [1.165, 1.54) is 12.1 Å². The number of nitrogens with zero attached hydrogens (tertiary/aromatic N) is 2. The van der Waals surface area contributed by atoms with Gasteiger partial charge in [0.15, 0.2) is 0 Å². The fraction of sp³-hybridized carbons (Fsp3) is 0.500. The maximum Gasteiger partial charge on any atom is 0.350 e. The van der Waals surface area contributed by atoms with Crippen molar-refractivity contribution in [2.45, 2.75) is 64.8 Å². The van der Waals surface area contributed by atoms with Gasteiger partial charge in [-0.3, -0.25) is 24.8 Å². The zero-order valence-electron chi connectivity index (χ0n) is 17.8. The fourth-order valence-corrected chi connectivity index (χ4v) is 4.88. The molecule has 3 atom stereocenters. The molecule has 31 heavy (non-hydrogen) atoms. The quantitative estimate of drug-likeness (QED) is 0.173. The summed E-state index contributed by atoms with van der Waals surface area (Å²) in [5, 5.41) is 26.5. The van der Waals surface area contributed by atoms with Crippen molar-refractivity contribution >= 4 is 35.4 Å². The van der Waals surface area contributed by atoms with E-state index in [9.17, 15) is 29.7 Å².